The summed E-state index contributed by atoms with van der Waals surface area (Å²) in [5.74, 6) is 0. The number of hydrogen-bond acceptors (Lipinski definition) is 0. The van der Waals surface area contributed by atoms with Gasteiger partial charge in [0, 0.05) is 5.33 Å². The smallest absolute Gasteiger partial charge is 0.00313 e. The van der Waals surface area contributed by atoms with E-state index in [1.54, 1.807) is 0 Å². The van der Waals surface area contributed by atoms with Crippen molar-refractivity contribution in [1.29, 1.82) is 0 Å². The fraction of sp³-hybridized carbons (Fsp3) is 0.789. The minimum Gasteiger partial charge on any atom is -0.0928 e. The first-order chi connectivity index (χ1) is 9.91. The summed E-state index contributed by atoms with van der Waals surface area (Å²) in [5, 5.41) is 1.17. The van der Waals surface area contributed by atoms with Crippen LogP contribution in [0.2, 0.25) is 0 Å². The maximum Gasteiger partial charge on any atom is 0.00313 e. The summed E-state index contributed by atoms with van der Waals surface area (Å²) >= 11 is 3.48. The van der Waals surface area contributed by atoms with Gasteiger partial charge >= 0.3 is 0 Å². The first-order valence-corrected chi connectivity index (χ1v) is 9.91. The van der Waals surface area contributed by atoms with Gasteiger partial charge in [0.2, 0.25) is 0 Å². The monoisotopic (exact) mass is 342 g/mol. The van der Waals surface area contributed by atoms with E-state index in [9.17, 15) is 0 Å². The van der Waals surface area contributed by atoms with E-state index < -0.39 is 0 Å². The second kappa shape index (κ2) is 19.0. The molecule has 1 heteroatoms. The van der Waals surface area contributed by atoms with E-state index in [1.165, 1.54) is 88.8 Å². The lowest BCUT2D eigenvalue weighted by atomic mass is 10.1. The molecule has 0 aliphatic rings. The number of allylic oxidation sites excluding steroid dienone is 4. The third-order valence-corrected chi connectivity index (χ3v) is 4.17. The lowest BCUT2D eigenvalue weighted by molar-refractivity contribution is 0.567. The van der Waals surface area contributed by atoms with Gasteiger partial charge in [0.1, 0.15) is 0 Å². The highest BCUT2D eigenvalue weighted by molar-refractivity contribution is 9.09. The zero-order chi connectivity index (χ0) is 14.7. The van der Waals surface area contributed by atoms with Crippen molar-refractivity contribution >= 4 is 15.9 Å². The van der Waals surface area contributed by atoms with Gasteiger partial charge in [-0.2, -0.15) is 0 Å². The van der Waals surface area contributed by atoms with Crippen LogP contribution in [0.4, 0.5) is 0 Å². The molecule has 0 aliphatic heterocycles. The molecule has 0 heterocycles. The van der Waals surface area contributed by atoms with Crippen molar-refractivity contribution in [3.05, 3.63) is 24.3 Å². The molecule has 0 aromatic carbocycles. The third kappa shape index (κ3) is 18.0. The van der Waals surface area contributed by atoms with E-state index in [2.05, 4.69) is 47.2 Å². The summed E-state index contributed by atoms with van der Waals surface area (Å²) in [4.78, 5) is 0. The van der Waals surface area contributed by atoms with Crippen molar-refractivity contribution < 1.29 is 0 Å². The van der Waals surface area contributed by atoms with Gasteiger partial charge in [0.05, 0.1) is 0 Å². The van der Waals surface area contributed by atoms with Crippen LogP contribution >= 0.6 is 15.9 Å². The summed E-state index contributed by atoms with van der Waals surface area (Å²) in [6, 6.07) is 0. The molecule has 0 bridgehead atoms. The van der Waals surface area contributed by atoms with Gasteiger partial charge in [-0.15, -0.1) is 0 Å². The van der Waals surface area contributed by atoms with Crippen molar-refractivity contribution in [1.82, 2.24) is 0 Å². The van der Waals surface area contributed by atoms with Crippen molar-refractivity contribution in [3.63, 3.8) is 0 Å². The second-order valence-corrected chi connectivity index (χ2v) is 6.45. The Morgan fingerprint density at radius 3 is 1.55 bits per heavy atom. The molecule has 0 atom stereocenters. The minimum absolute atomic E-state index is 1.17. The topological polar surface area (TPSA) is 0 Å². The molecule has 0 aromatic rings. The van der Waals surface area contributed by atoms with Crippen LogP contribution < -0.4 is 0 Å². The maximum absolute atomic E-state index is 3.48. The average Bonchev–Trinajstić information content (AvgIpc) is 2.47. The molecule has 0 rings (SSSR count). The van der Waals surface area contributed by atoms with Gasteiger partial charge < -0.3 is 0 Å². The van der Waals surface area contributed by atoms with Crippen LogP contribution in [0.15, 0.2) is 24.3 Å². The van der Waals surface area contributed by atoms with E-state index in [1.807, 2.05) is 0 Å². The SMILES string of the molecule is CCCC/C=C/C=C/CCCCCCCCCCCBr. The molecular formula is C19H35Br. The Morgan fingerprint density at radius 2 is 1.05 bits per heavy atom. The normalized spacial score (nSPS) is 11.9. The summed E-state index contributed by atoms with van der Waals surface area (Å²) in [7, 11) is 0. The molecule has 0 aromatic heterocycles. The zero-order valence-corrected chi connectivity index (χ0v) is 15.2. The Labute approximate surface area is 136 Å². The molecule has 0 spiro atoms. The number of rotatable bonds is 15. The van der Waals surface area contributed by atoms with Crippen LogP contribution in [0.25, 0.3) is 0 Å². The van der Waals surface area contributed by atoms with Gasteiger partial charge in [0.15, 0.2) is 0 Å². The van der Waals surface area contributed by atoms with Crippen LogP contribution in [-0.4, -0.2) is 5.33 Å². The van der Waals surface area contributed by atoms with E-state index in [-0.39, 0.29) is 0 Å². The highest BCUT2D eigenvalue weighted by atomic mass is 79.9. The Morgan fingerprint density at radius 1 is 0.600 bits per heavy atom. The molecular weight excluding hydrogens is 308 g/mol. The molecule has 0 unspecified atom stereocenters. The van der Waals surface area contributed by atoms with Crippen molar-refractivity contribution in [2.75, 3.05) is 5.33 Å². The first-order valence-electron chi connectivity index (χ1n) is 8.79. The number of alkyl halides is 1. The number of hydrogen-bond donors (Lipinski definition) is 0. The maximum atomic E-state index is 3.48. The molecule has 20 heavy (non-hydrogen) atoms. The van der Waals surface area contributed by atoms with Crippen molar-refractivity contribution in [2.24, 2.45) is 0 Å². The predicted molar refractivity (Wildman–Crippen MR) is 97.8 cm³/mol. The third-order valence-electron chi connectivity index (χ3n) is 3.61. The molecule has 118 valence electrons. The second-order valence-electron chi connectivity index (χ2n) is 5.66. The predicted octanol–water partition coefficient (Wildman–Crippen LogP) is 7.58. The summed E-state index contributed by atoms with van der Waals surface area (Å²) < 4.78 is 0. The Bertz CT molecular complexity index is 218. The Balaban J connectivity index is 3.09. The quantitative estimate of drug-likeness (QED) is 0.163. The molecule has 0 amide bonds. The number of unbranched alkanes of at least 4 members (excludes halogenated alkanes) is 11. The minimum atomic E-state index is 1.17. The lowest BCUT2D eigenvalue weighted by Crippen LogP contribution is -1.82. The van der Waals surface area contributed by atoms with E-state index >= 15 is 0 Å². The van der Waals surface area contributed by atoms with Gasteiger partial charge in [-0.05, 0) is 25.7 Å². The van der Waals surface area contributed by atoms with Crippen LogP contribution in [0.1, 0.15) is 90.4 Å². The lowest BCUT2D eigenvalue weighted by Gasteiger charge is -2.00. The fourth-order valence-electron chi connectivity index (χ4n) is 2.27. The molecule has 0 nitrogen and oxygen atoms in total. The zero-order valence-electron chi connectivity index (χ0n) is 13.6. The van der Waals surface area contributed by atoms with Crippen LogP contribution in [-0.2, 0) is 0 Å². The Kier molecular flexibility index (Phi) is 18.9. The van der Waals surface area contributed by atoms with Gasteiger partial charge in [-0.3, -0.25) is 0 Å². The van der Waals surface area contributed by atoms with E-state index in [4.69, 9.17) is 0 Å². The largest absolute Gasteiger partial charge is 0.0928 e. The van der Waals surface area contributed by atoms with Crippen molar-refractivity contribution in [2.45, 2.75) is 90.4 Å². The Hall–Kier alpha value is -0.0400. The fourth-order valence-corrected chi connectivity index (χ4v) is 2.66. The summed E-state index contributed by atoms with van der Waals surface area (Å²) in [6.07, 6.45) is 26.8. The van der Waals surface area contributed by atoms with Crippen LogP contribution in [0.5, 0.6) is 0 Å². The van der Waals surface area contributed by atoms with E-state index in [0.717, 1.165) is 0 Å². The van der Waals surface area contributed by atoms with Gasteiger partial charge in [0.25, 0.3) is 0 Å². The molecule has 0 saturated heterocycles. The molecule has 0 radical (unpaired) electrons. The van der Waals surface area contributed by atoms with Crippen molar-refractivity contribution in [3.8, 4) is 0 Å². The molecule has 0 aliphatic carbocycles. The average molecular weight is 343 g/mol. The molecule has 0 fully saturated rings. The first kappa shape index (κ1) is 20.0. The standard InChI is InChI=1S/C19H35Br/c1-2-3-4-5-6-7-8-9-10-11-12-13-14-15-16-17-18-19-20/h5-8H,2-4,9-19H2,1H3/b6-5+,8-7+. The van der Waals surface area contributed by atoms with E-state index in [0.29, 0.717) is 0 Å². The summed E-state index contributed by atoms with van der Waals surface area (Å²) in [5.41, 5.74) is 0. The molecule has 0 saturated carbocycles. The van der Waals surface area contributed by atoms with Gasteiger partial charge in [-0.1, -0.05) is 105 Å². The molecule has 0 N–H and O–H groups in total. The summed E-state index contributed by atoms with van der Waals surface area (Å²) in [6.45, 7) is 2.24. The highest BCUT2D eigenvalue weighted by Gasteiger charge is 1.91. The van der Waals surface area contributed by atoms with Gasteiger partial charge in [-0.25, -0.2) is 0 Å². The van der Waals surface area contributed by atoms with Crippen LogP contribution in [0, 0.1) is 0 Å². The number of halogens is 1. The van der Waals surface area contributed by atoms with Crippen LogP contribution in [0.3, 0.4) is 0 Å². The highest BCUT2D eigenvalue weighted by Crippen LogP contribution is 2.11.